The van der Waals surface area contributed by atoms with Crippen LogP contribution in [0.4, 0.5) is 0 Å². The molecule has 0 saturated heterocycles. The van der Waals surface area contributed by atoms with Gasteiger partial charge in [0.25, 0.3) is 0 Å². The Kier molecular flexibility index (Phi) is 6.80. The summed E-state index contributed by atoms with van der Waals surface area (Å²) in [5, 5.41) is 3.59. The van der Waals surface area contributed by atoms with Gasteiger partial charge in [0.05, 0.1) is 13.2 Å². The summed E-state index contributed by atoms with van der Waals surface area (Å²) in [4.78, 5) is 11.7. The van der Waals surface area contributed by atoms with E-state index in [0.29, 0.717) is 19.3 Å². The Morgan fingerprint density at radius 2 is 1.95 bits per heavy atom. The zero-order chi connectivity index (χ0) is 14.3. The van der Waals surface area contributed by atoms with Crippen LogP contribution in [-0.2, 0) is 14.3 Å². The lowest BCUT2D eigenvalue weighted by molar-refractivity contribution is -0.168. The molecule has 1 N–H and O–H groups in total. The highest BCUT2D eigenvalue weighted by atomic mass is 16.6. The van der Waals surface area contributed by atoms with E-state index in [9.17, 15) is 4.79 Å². The summed E-state index contributed by atoms with van der Waals surface area (Å²) >= 11 is 0. The largest absolute Gasteiger partial charge is 0.464 e. The van der Waals surface area contributed by atoms with Crippen molar-refractivity contribution < 1.29 is 14.3 Å². The predicted octanol–water partition coefficient (Wildman–Crippen LogP) is 2.66. The maximum absolute atomic E-state index is 11.7. The molecule has 0 bridgehead atoms. The summed E-state index contributed by atoms with van der Waals surface area (Å²) < 4.78 is 10.7. The maximum Gasteiger partial charge on any atom is 0.337 e. The maximum atomic E-state index is 11.7. The van der Waals surface area contributed by atoms with Crippen LogP contribution in [0.1, 0.15) is 59.8 Å². The first-order valence-electron chi connectivity index (χ1n) is 7.53. The summed E-state index contributed by atoms with van der Waals surface area (Å²) in [7, 11) is 0. The zero-order valence-electron chi connectivity index (χ0n) is 12.8. The molecule has 0 aromatic heterocycles. The first-order chi connectivity index (χ1) is 8.95. The van der Waals surface area contributed by atoms with Crippen molar-refractivity contribution in [1.82, 2.24) is 5.32 Å². The molecule has 0 aromatic carbocycles. The number of nitrogens with one attached hydrogen (secondary N) is 1. The van der Waals surface area contributed by atoms with Gasteiger partial charge in [-0.1, -0.05) is 19.3 Å². The SMILES string of the molecule is CCOC(=O)C(C)(C)OCC(C)NC1CCCCC1. The second-order valence-corrected chi connectivity index (χ2v) is 5.94. The molecule has 1 atom stereocenters. The third-order valence-corrected chi connectivity index (χ3v) is 3.59. The Morgan fingerprint density at radius 1 is 1.32 bits per heavy atom. The molecule has 1 rings (SSSR count). The molecule has 0 heterocycles. The summed E-state index contributed by atoms with van der Waals surface area (Å²) in [6, 6.07) is 0.870. The Labute approximate surface area is 117 Å². The molecular weight excluding hydrogens is 242 g/mol. The number of rotatable bonds is 7. The number of esters is 1. The van der Waals surface area contributed by atoms with E-state index in [1.807, 2.05) is 0 Å². The minimum absolute atomic E-state index is 0.261. The van der Waals surface area contributed by atoms with Crippen LogP contribution >= 0.6 is 0 Å². The predicted molar refractivity (Wildman–Crippen MR) is 76.1 cm³/mol. The molecule has 1 unspecified atom stereocenters. The van der Waals surface area contributed by atoms with Crippen LogP contribution in [0.25, 0.3) is 0 Å². The van der Waals surface area contributed by atoms with E-state index in [-0.39, 0.29) is 12.0 Å². The fraction of sp³-hybridized carbons (Fsp3) is 0.933. The van der Waals surface area contributed by atoms with Crippen LogP contribution in [0.5, 0.6) is 0 Å². The Balaban J connectivity index is 2.27. The number of hydrogen-bond acceptors (Lipinski definition) is 4. The Bertz CT molecular complexity index is 273. The van der Waals surface area contributed by atoms with E-state index in [1.54, 1.807) is 20.8 Å². The first kappa shape index (κ1) is 16.4. The average molecular weight is 271 g/mol. The highest BCUT2D eigenvalue weighted by molar-refractivity contribution is 5.78. The lowest BCUT2D eigenvalue weighted by atomic mass is 9.95. The van der Waals surface area contributed by atoms with E-state index in [1.165, 1.54) is 32.1 Å². The fourth-order valence-corrected chi connectivity index (χ4v) is 2.42. The summed E-state index contributed by atoms with van der Waals surface area (Å²) in [5.41, 5.74) is -0.863. The molecule has 0 spiro atoms. The average Bonchev–Trinajstić information content (AvgIpc) is 2.38. The van der Waals surface area contributed by atoms with Crippen LogP contribution < -0.4 is 5.32 Å². The van der Waals surface area contributed by atoms with Gasteiger partial charge in [0, 0.05) is 12.1 Å². The molecule has 4 nitrogen and oxygen atoms in total. The molecule has 1 aliphatic carbocycles. The lowest BCUT2D eigenvalue weighted by Gasteiger charge is -2.29. The molecule has 1 fully saturated rings. The Hall–Kier alpha value is -0.610. The molecule has 0 amide bonds. The van der Waals surface area contributed by atoms with Gasteiger partial charge in [-0.15, -0.1) is 0 Å². The standard InChI is InChI=1S/C15H29NO3/c1-5-18-14(17)15(3,4)19-11-12(2)16-13-9-7-6-8-10-13/h12-13,16H,5-11H2,1-4H3. The third-order valence-electron chi connectivity index (χ3n) is 3.59. The van der Waals surface area contributed by atoms with Crippen molar-refractivity contribution in [3.63, 3.8) is 0 Å². The van der Waals surface area contributed by atoms with Gasteiger partial charge in [0.15, 0.2) is 5.60 Å². The van der Waals surface area contributed by atoms with Crippen LogP contribution in [0.2, 0.25) is 0 Å². The highest BCUT2D eigenvalue weighted by Crippen LogP contribution is 2.18. The van der Waals surface area contributed by atoms with Crippen molar-refractivity contribution in [2.24, 2.45) is 0 Å². The van der Waals surface area contributed by atoms with E-state index in [0.717, 1.165) is 0 Å². The number of carbonyl (C=O) groups is 1. The Morgan fingerprint density at radius 3 is 2.53 bits per heavy atom. The topological polar surface area (TPSA) is 47.6 Å². The second kappa shape index (κ2) is 7.85. The van der Waals surface area contributed by atoms with Gasteiger partial charge in [0.2, 0.25) is 0 Å². The van der Waals surface area contributed by atoms with Crippen molar-refractivity contribution in [2.75, 3.05) is 13.2 Å². The highest BCUT2D eigenvalue weighted by Gasteiger charge is 2.30. The lowest BCUT2D eigenvalue weighted by Crippen LogP contribution is -2.44. The molecule has 19 heavy (non-hydrogen) atoms. The van der Waals surface area contributed by atoms with Gasteiger partial charge >= 0.3 is 5.97 Å². The second-order valence-electron chi connectivity index (χ2n) is 5.94. The molecule has 0 radical (unpaired) electrons. The first-order valence-corrected chi connectivity index (χ1v) is 7.53. The minimum Gasteiger partial charge on any atom is -0.464 e. The van der Waals surface area contributed by atoms with Crippen LogP contribution in [0, 0.1) is 0 Å². The quantitative estimate of drug-likeness (QED) is 0.723. The molecular formula is C15H29NO3. The summed E-state index contributed by atoms with van der Waals surface area (Å²) in [6.45, 7) is 8.36. The monoisotopic (exact) mass is 271 g/mol. The third kappa shape index (κ3) is 5.91. The van der Waals surface area contributed by atoms with Crippen LogP contribution in [0.15, 0.2) is 0 Å². The van der Waals surface area contributed by atoms with Gasteiger partial charge in [-0.05, 0) is 40.5 Å². The van der Waals surface area contributed by atoms with Crippen molar-refractivity contribution >= 4 is 5.97 Å². The van der Waals surface area contributed by atoms with Crippen LogP contribution in [0.3, 0.4) is 0 Å². The van der Waals surface area contributed by atoms with E-state index in [4.69, 9.17) is 9.47 Å². The van der Waals surface area contributed by atoms with Gasteiger partial charge in [0.1, 0.15) is 0 Å². The molecule has 1 saturated carbocycles. The molecule has 112 valence electrons. The van der Waals surface area contributed by atoms with Crippen molar-refractivity contribution in [2.45, 2.75) is 77.5 Å². The number of hydrogen-bond donors (Lipinski definition) is 1. The molecule has 1 aliphatic rings. The van der Waals surface area contributed by atoms with Crippen molar-refractivity contribution in [3.05, 3.63) is 0 Å². The molecule has 0 aliphatic heterocycles. The normalized spacial score (nSPS) is 19.2. The minimum atomic E-state index is -0.863. The van der Waals surface area contributed by atoms with E-state index in [2.05, 4.69) is 12.2 Å². The van der Waals surface area contributed by atoms with Gasteiger partial charge < -0.3 is 14.8 Å². The number of carbonyl (C=O) groups excluding carboxylic acids is 1. The van der Waals surface area contributed by atoms with Crippen LogP contribution in [-0.4, -0.2) is 36.9 Å². The van der Waals surface area contributed by atoms with Gasteiger partial charge in [-0.2, -0.15) is 0 Å². The smallest absolute Gasteiger partial charge is 0.337 e. The van der Waals surface area contributed by atoms with Gasteiger partial charge in [-0.3, -0.25) is 0 Å². The van der Waals surface area contributed by atoms with E-state index < -0.39 is 5.60 Å². The zero-order valence-corrected chi connectivity index (χ0v) is 12.8. The number of ether oxygens (including phenoxy) is 2. The van der Waals surface area contributed by atoms with E-state index >= 15 is 0 Å². The summed E-state index contributed by atoms with van der Waals surface area (Å²) in [6.07, 6.45) is 6.51. The van der Waals surface area contributed by atoms with Crippen molar-refractivity contribution in [3.8, 4) is 0 Å². The van der Waals surface area contributed by atoms with Gasteiger partial charge in [-0.25, -0.2) is 4.79 Å². The molecule has 4 heteroatoms. The fourth-order valence-electron chi connectivity index (χ4n) is 2.42. The van der Waals surface area contributed by atoms with Crippen molar-refractivity contribution in [1.29, 1.82) is 0 Å². The summed E-state index contributed by atoms with van der Waals surface area (Å²) in [5.74, 6) is -0.292. The molecule has 0 aromatic rings.